The lowest BCUT2D eigenvalue weighted by molar-refractivity contribution is 0.959. The Balaban J connectivity index is 2.10. The first-order chi connectivity index (χ1) is 6.90. The molecule has 14 heavy (non-hydrogen) atoms. The molecule has 74 valence electrons. The van der Waals surface area contributed by atoms with Gasteiger partial charge in [0.2, 0.25) is 0 Å². The molecule has 0 aromatic carbocycles. The minimum atomic E-state index is 1.10. The topological polar surface area (TPSA) is 0 Å². The highest BCUT2D eigenvalue weighted by Gasteiger charge is 2.02. The number of aryl methyl sites for hydroxylation is 1. The molecule has 0 atom stereocenters. The molecule has 3 heteroatoms. The highest BCUT2D eigenvalue weighted by molar-refractivity contribution is 9.09. The van der Waals surface area contributed by atoms with Crippen molar-refractivity contribution in [1.82, 2.24) is 0 Å². The lowest BCUT2D eigenvalue weighted by atomic mass is 10.3. The third kappa shape index (κ3) is 2.47. The van der Waals surface area contributed by atoms with Gasteiger partial charge in [-0.15, -0.1) is 22.7 Å². The average molecular weight is 287 g/mol. The van der Waals surface area contributed by atoms with Crippen LogP contribution in [0.4, 0.5) is 0 Å². The van der Waals surface area contributed by atoms with E-state index < -0.39 is 0 Å². The van der Waals surface area contributed by atoms with E-state index in [1.54, 1.807) is 0 Å². The van der Waals surface area contributed by atoms with E-state index in [1.807, 2.05) is 22.7 Å². The third-order valence-electron chi connectivity index (χ3n) is 1.98. The van der Waals surface area contributed by atoms with Gasteiger partial charge in [-0.1, -0.05) is 22.0 Å². The Morgan fingerprint density at radius 3 is 2.79 bits per heavy atom. The zero-order valence-electron chi connectivity index (χ0n) is 7.70. The SMILES string of the molecule is BrCCCc1ccc(-c2cccs2)s1. The number of rotatable bonds is 4. The number of hydrogen-bond donors (Lipinski definition) is 0. The summed E-state index contributed by atoms with van der Waals surface area (Å²) < 4.78 is 0. The first-order valence-corrected chi connectivity index (χ1v) is 7.40. The number of thiophene rings is 2. The monoisotopic (exact) mass is 286 g/mol. The van der Waals surface area contributed by atoms with Crippen molar-refractivity contribution < 1.29 is 0 Å². The zero-order valence-corrected chi connectivity index (χ0v) is 10.9. The van der Waals surface area contributed by atoms with E-state index in [-0.39, 0.29) is 0 Å². The summed E-state index contributed by atoms with van der Waals surface area (Å²) in [6, 6.07) is 8.78. The van der Waals surface area contributed by atoms with E-state index in [4.69, 9.17) is 0 Å². The second-order valence-electron chi connectivity index (χ2n) is 3.04. The van der Waals surface area contributed by atoms with Gasteiger partial charge in [-0.2, -0.15) is 0 Å². The van der Waals surface area contributed by atoms with Crippen LogP contribution < -0.4 is 0 Å². The fraction of sp³-hybridized carbons (Fsp3) is 0.273. The molecular formula is C11H11BrS2. The molecule has 0 nitrogen and oxygen atoms in total. The minimum Gasteiger partial charge on any atom is -0.143 e. The quantitative estimate of drug-likeness (QED) is 0.708. The molecule has 0 bridgehead atoms. The van der Waals surface area contributed by atoms with Crippen LogP contribution in [0.3, 0.4) is 0 Å². The smallest absolute Gasteiger partial charge is 0.0445 e. The van der Waals surface area contributed by atoms with Crippen molar-refractivity contribution in [3.05, 3.63) is 34.5 Å². The second kappa shape index (κ2) is 5.10. The van der Waals surface area contributed by atoms with E-state index in [0.29, 0.717) is 0 Å². The first kappa shape index (κ1) is 10.4. The average Bonchev–Trinajstić information content (AvgIpc) is 2.85. The number of hydrogen-bond acceptors (Lipinski definition) is 2. The molecule has 0 spiro atoms. The van der Waals surface area contributed by atoms with Gasteiger partial charge in [0.15, 0.2) is 0 Å². The van der Waals surface area contributed by atoms with Crippen LogP contribution in [0.25, 0.3) is 9.75 Å². The van der Waals surface area contributed by atoms with E-state index in [9.17, 15) is 0 Å². The maximum atomic E-state index is 3.46. The molecule has 0 aliphatic rings. The highest BCUT2D eigenvalue weighted by atomic mass is 79.9. The third-order valence-corrected chi connectivity index (χ3v) is 4.75. The summed E-state index contributed by atoms with van der Waals surface area (Å²) in [6.45, 7) is 0. The molecule has 2 heterocycles. The van der Waals surface area contributed by atoms with Crippen LogP contribution in [0.5, 0.6) is 0 Å². The summed E-state index contributed by atoms with van der Waals surface area (Å²) in [4.78, 5) is 4.29. The van der Waals surface area contributed by atoms with Crippen LogP contribution in [0.15, 0.2) is 29.6 Å². The Hall–Kier alpha value is -0.120. The Kier molecular flexibility index (Phi) is 3.79. The van der Waals surface area contributed by atoms with Gasteiger partial charge < -0.3 is 0 Å². The summed E-state index contributed by atoms with van der Waals surface area (Å²) in [7, 11) is 0. The fourth-order valence-corrected chi connectivity index (χ4v) is 3.47. The van der Waals surface area contributed by atoms with Crippen LogP contribution in [0.2, 0.25) is 0 Å². The van der Waals surface area contributed by atoms with Gasteiger partial charge >= 0.3 is 0 Å². The Labute approximate surface area is 101 Å². The largest absolute Gasteiger partial charge is 0.143 e. The van der Waals surface area contributed by atoms with Crippen LogP contribution in [-0.2, 0) is 6.42 Å². The molecule has 2 aromatic rings. The zero-order chi connectivity index (χ0) is 9.80. The Morgan fingerprint density at radius 2 is 2.07 bits per heavy atom. The van der Waals surface area contributed by atoms with E-state index >= 15 is 0 Å². The van der Waals surface area contributed by atoms with Gasteiger partial charge in [-0.25, -0.2) is 0 Å². The van der Waals surface area contributed by atoms with Crippen molar-refractivity contribution >= 4 is 38.6 Å². The van der Waals surface area contributed by atoms with Crippen molar-refractivity contribution in [2.45, 2.75) is 12.8 Å². The van der Waals surface area contributed by atoms with Crippen molar-refractivity contribution in [1.29, 1.82) is 0 Å². The molecule has 0 N–H and O–H groups in total. The second-order valence-corrected chi connectivity index (χ2v) is 5.94. The molecule has 0 saturated heterocycles. The molecule has 2 rings (SSSR count). The standard InChI is InChI=1S/C11H11BrS2/c12-7-1-3-9-5-6-11(14-9)10-4-2-8-13-10/h2,4-6,8H,1,3,7H2. The molecule has 0 aliphatic carbocycles. The first-order valence-electron chi connectivity index (χ1n) is 4.58. The molecule has 0 fully saturated rings. The van der Waals surface area contributed by atoms with Crippen molar-refractivity contribution in [2.24, 2.45) is 0 Å². The van der Waals surface area contributed by atoms with Gasteiger partial charge in [0.1, 0.15) is 0 Å². The summed E-state index contributed by atoms with van der Waals surface area (Å²) >= 11 is 7.19. The maximum absolute atomic E-state index is 3.46. The van der Waals surface area contributed by atoms with Crippen molar-refractivity contribution in [3.63, 3.8) is 0 Å². The van der Waals surface area contributed by atoms with Crippen LogP contribution in [-0.4, -0.2) is 5.33 Å². The van der Waals surface area contributed by atoms with Crippen LogP contribution >= 0.6 is 38.6 Å². The summed E-state index contributed by atoms with van der Waals surface area (Å²) in [5.74, 6) is 0. The number of halogens is 1. The van der Waals surface area contributed by atoms with Gasteiger partial charge in [0.05, 0.1) is 0 Å². The van der Waals surface area contributed by atoms with Gasteiger partial charge in [0, 0.05) is 20.0 Å². The Morgan fingerprint density at radius 1 is 1.14 bits per heavy atom. The molecule has 0 unspecified atom stereocenters. The molecule has 0 aliphatic heterocycles. The predicted octanol–water partition coefficient (Wildman–Crippen LogP) is 4.80. The van der Waals surface area contributed by atoms with Gasteiger partial charge in [-0.3, -0.25) is 0 Å². The van der Waals surface area contributed by atoms with E-state index in [0.717, 1.165) is 5.33 Å². The lowest BCUT2D eigenvalue weighted by Crippen LogP contribution is -1.79. The van der Waals surface area contributed by atoms with E-state index in [1.165, 1.54) is 27.5 Å². The summed E-state index contributed by atoms with van der Waals surface area (Å²) in [6.07, 6.45) is 2.42. The van der Waals surface area contributed by atoms with Crippen molar-refractivity contribution in [3.8, 4) is 9.75 Å². The summed E-state index contributed by atoms with van der Waals surface area (Å²) in [5, 5.41) is 3.23. The molecule has 0 saturated carbocycles. The molecular weight excluding hydrogens is 276 g/mol. The number of alkyl halides is 1. The molecule has 0 radical (unpaired) electrons. The highest BCUT2D eigenvalue weighted by Crippen LogP contribution is 2.31. The predicted molar refractivity (Wildman–Crippen MR) is 69.7 cm³/mol. The van der Waals surface area contributed by atoms with Crippen LogP contribution in [0, 0.1) is 0 Å². The van der Waals surface area contributed by atoms with E-state index in [2.05, 4.69) is 45.6 Å². The van der Waals surface area contributed by atoms with Crippen LogP contribution in [0.1, 0.15) is 11.3 Å². The fourth-order valence-electron chi connectivity index (χ4n) is 1.30. The minimum absolute atomic E-state index is 1.10. The molecule has 2 aromatic heterocycles. The lowest BCUT2D eigenvalue weighted by Gasteiger charge is -1.92. The van der Waals surface area contributed by atoms with Gasteiger partial charge in [-0.05, 0) is 36.4 Å². The van der Waals surface area contributed by atoms with Gasteiger partial charge in [0.25, 0.3) is 0 Å². The normalized spacial score (nSPS) is 10.6. The summed E-state index contributed by atoms with van der Waals surface area (Å²) in [5.41, 5.74) is 0. The van der Waals surface area contributed by atoms with Crippen molar-refractivity contribution in [2.75, 3.05) is 5.33 Å². The maximum Gasteiger partial charge on any atom is 0.0445 e. The molecule has 0 amide bonds. The Bertz CT molecular complexity index is 376.